The number of halogens is 1. The molecule has 7 nitrogen and oxygen atoms in total. The fourth-order valence-electron chi connectivity index (χ4n) is 1.82. The van der Waals surface area contributed by atoms with Crippen molar-refractivity contribution in [1.82, 2.24) is 25.2 Å². The highest BCUT2D eigenvalue weighted by atomic mass is 19.1. The highest BCUT2D eigenvalue weighted by Gasteiger charge is 2.08. The summed E-state index contributed by atoms with van der Waals surface area (Å²) in [5.74, 6) is -0.415. The number of likely N-dealkylation sites (N-methyl/N-ethyl adjacent to an activating group) is 1. The lowest BCUT2D eigenvalue weighted by atomic mass is 10.3. The summed E-state index contributed by atoms with van der Waals surface area (Å²) >= 11 is 0. The summed E-state index contributed by atoms with van der Waals surface area (Å²) in [7, 11) is 3.87. The van der Waals surface area contributed by atoms with E-state index >= 15 is 0 Å². The number of benzene rings is 1. The molecule has 0 unspecified atom stereocenters. The zero-order valence-electron chi connectivity index (χ0n) is 13.2. The molecule has 23 heavy (non-hydrogen) atoms. The largest absolute Gasteiger partial charge is 0.484 e. The number of amides is 1. The molecule has 1 N–H and O–H groups in total. The van der Waals surface area contributed by atoms with E-state index in [1.165, 1.54) is 16.8 Å². The van der Waals surface area contributed by atoms with E-state index in [2.05, 4.69) is 15.6 Å². The average molecular weight is 321 g/mol. The van der Waals surface area contributed by atoms with Crippen molar-refractivity contribution in [1.29, 1.82) is 0 Å². The Labute approximate surface area is 134 Å². The van der Waals surface area contributed by atoms with Crippen LogP contribution in [0.5, 0.6) is 5.75 Å². The summed E-state index contributed by atoms with van der Waals surface area (Å²) < 4.78 is 20.2. The van der Waals surface area contributed by atoms with Crippen molar-refractivity contribution in [3.63, 3.8) is 0 Å². The second-order valence-electron chi connectivity index (χ2n) is 5.28. The molecule has 0 radical (unpaired) electrons. The van der Waals surface area contributed by atoms with E-state index < -0.39 is 5.82 Å². The van der Waals surface area contributed by atoms with Gasteiger partial charge in [0.25, 0.3) is 0 Å². The first-order valence-corrected chi connectivity index (χ1v) is 7.22. The van der Waals surface area contributed by atoms with E-state index in [-0.39, 0.29) is 24.8 Å². The molecule has 1 aromatic heterocycles. The number of para-hydroxylation sites is 1. The molecule has 0 fully saturated rings. The van der Waals surface area contributed by atoms with E-state index in [1.807, 2.05) is 19.0 Å². The minimum atomic E-state index is -0.430. The van der Waals surface area contributed by atoms with Crippen LogP contribution in [0.1, 0.15) is 5.69 Å². The molecule has 8 heteroatoms. The Kier molecular flexibility index (Phi) is 6.04. The lowest BCUT2D eigenvalue weighted by Gasteiger charge is -2.10. The van der Waals surface area contributed by atoms with Crippen molar-refractivity contribution in [2.75, 3.05) is 27.2 Å². The molecule has 0 atom stereocenters. The molecule has 2 rings (SSSR count). The van der Waals surface area contributed by atoms with Gasteiger partial charge in [0, 0.05) is 13.1 Å². The Morgan fingerprint density at radius 3 is 2.91 bits per heavy atom. The summed E-state index contributed by atoms with van der Waals surface area (Å²) in [6.45, 7) is 1.51. The number of hydrogen-bond acceptors (Lipinski definition) is 5. The normalized spacial score (nSPS) is 10.8. The summed E-state index contributed by atoms with van der Waals surface area (Å²) in [5.41, 5.74) is 0.523. The van der Waals surface area contributed by atoms with Gasteiger partial charge in [0.2, 0.25) is 5.91 Å². The number of ether oxygens (including phenoxy) is 1. The molecule has 0 saturated heterocycles. The standard InChI is InChI=1S/C15H20FN5O2/c1-20(2)8-7-17-15(22)10-21-9-12(18-19-21)11-23-14-6-4-3-5-13(14)16/h3-6,9H,7-8,10-11H2,1-2H3,(H,17,22). The van der Waals surface area contributed by atoms with Crippen LogP contribution in [0.3, 0.4) is 0 Å². The Morgan fingerprint density at radius 1 is 1.39 bits per heavy atom. The van der Waals surface area contributed by atoms with Gasteiger partial charge in [-0.05, 0) is 26.2 Å². The Balaban J connectivity index is 1.79. The van der Waals surface area contributed by atoms with E-state index in [4.69, 9.17) is 4.74 Å². The first-order valence-electron chi connectivity index (χ1n) is 7.22. The number of nitrogens with zero attached hydrogens (tertiary/aromatic N) is 4. The van der Waals surface area contributed by atoms with Crippen LogP contribution in [0.15, 0.2) is 30.5 Å². The molecule has 1 heterocycles. The van der Waals surface area contributed by atoms with Crippen LogP contribution in [0.25, 0.3) is 0 Å². The van der Waals surface area contributed by atoms with Crippen LogP contribution >= 0.6 is 0 Å². The fraction of sp³-hybridized carbons (Fsp3) is 0.400. The minimum Gasteiger partial charge on any atom is -0.484 e. The first-order chi connectivity index (χ1) is 11.0. The maximum absolute atomic E-state index is 13.4. The predicted molar refractivity (Wildman–Crippen MR) is 82.3 cm³/mol. The van der Waals surface area contributed by atoms with Gasteiger partial charge in [-0.25, -0.2) is 9.07 Å². The van der Waals surface area contributed by atoms with Crippen molar-refractivity contribution < 1.29 is 13.9 Å². The summed E-state index contributed by atoms with van der Waals surface area (Å²) in [6.07, 6.45) is 1.60. The smallest absolute Gasteiger partial charge is 0.241 e. The summed E-state index contributed by atoms with van der Waals surface area (Å²) in [4.78, 5) is 13.7. The zero-order chi connectivity index (χ0) is 16.7. The minimum absolute atomic E-state index is 0.0835. The molecule has 1 aromatic carbocycles. The second-order valence-corrected chi connectivity index (χ2v) is 5.28. The van der Waals surface area contributed by atoms with Gasteiger partial charge in [-0.1, -0.05) is 17.3 Å². The molecule has 0 saturated carbocycles. The molecule has 0 spiro atoms. The van der Waals surface area contributed by atoms with Crippen molar-refractivity contribution in [2.45, 2.75) is 13.2 Å². The monoisotopic (exact) mass is 321 g/mol. The van der Waals surface area contributed by atoms with Crippen LogP contribution in [0, 0.1) is 5.82 Å². The average Bonchev–Trinajstić information content (AvgIpc) is 2.93. The number of aromatic nitrogens is 3. The van der Waals surface area contributed by atoms with Gasteiger partial charge < -0.3 is 15.0 Å². The van der Waals surface area contributed by atoms with Crippen LogP contribution in [0.2, 0.25) is 0 Å². The Hall–Kier alpha value is -2.48. The number of carbonyl (C=O) groups excluding carboxylic acids is 1. The van der Waals surface area contributed by atoms with E-state index in [0.717, 1.165) is 6.54 Å². The highest BCUT2D eigenvalue weighted by molar-refractivity contribution is 5.75. The fourth-order valence-corrected chi connectivity index (χ4v) is 1.82. The van der Waals surface area contributed by atoms with Crippen molar-refractivity contribution in [3.8, 4) is 5.75 Å². The Bertz CT molecular complexity index is 644. The molecule has 2 aromatic rings. The van der Waals surface area contributed by atoms with Crippen molar-refractivity contribution in [3.05, 3.63) is 42.0 Å². The predicted octanol–water partition coefficient (Wildman–Crippen LogP) is 0.674. The van der Waals surface area contributed by atoms with Crippen molar-refractivity contribution >= 4 is 5.91 Å². The molecule has 0 aliphatic rings. The number of nitrogens with one attached hydrogen (secondary N) is 1. The van der Waals surface area contributed by atoms with Gasteiger partial charge in [-0.3, -0.25) is 4.79 Å². The molecular weight excluding hydrogens is 301 g/mol. The van der Waals surface area contributed by atoms with Crippen LogP contribution in [-0.4, -0.2) is 53.0 Å². The third-order valence-electron chi connectivity index (χ3n) is 2.99. The van der Waals surface area contributed by atoms with Gasteiger partial charge in [-0.2, -0.15) is 0 Å². The topological polar surface area (TPSA) is 72.3 Å². The van der Waals surface area contributed by atoms with E-state index in [9.17, 15) is 9.18 Å². The number of rotatable bonds is 8. The maximum Gasteiger partial charge on any atom is 0.241 e. The molecule has 124 valence electrons. The van der Waals surface area contributed by atoms with Crippen LogP contribution < -0.4 is 10.1 Å². The summed E-state index contributed by atoms with van der Waals surface area (Å²) in [5, 5.41) is 10.5. The van der Waals surface area contributed by atoms with E-state index in [0.29, 0.717) is 12.2 Å². The molecule has 0 aliphatic carbocycles. The van der Waals surface area contributed by atoms with Crippen molar-refractivity contribution in [2.24, 2.45) is 0 Å². The lowest BCUT2D eigenvalue weighted by molar-refractivity contribution is -0.121. The SMILES string of the molecule is CN(C)CCNC(=O)Cn1cc(COc2ccccc2F)nn1. The third-order valence-corrected chi connectivity index (χ3v) is 2.99. The number of carbonyl (C=O) groups is 1. The molecule has 0 bridgehead atoms. The highest BCUT2D eigenvalue weighted by Crippen LogP contribution is 2.16. The third kappa shape index (κ3) is 5.67. The summed E-state index contributed by atoms with van der Waals surface area (Å²) in [6, 6.07) is 6.14. The molecular formula is C15H20FN5O2. The maximum atomic E-state index is 13.4. The zero-order valence-corrected chi connectivity index (χ0v) is 13.2. The van der Waals surface area contributed by atoms with E-state index in [1.54, 1.807) is 18.3 Å². The quantitative estimate of drug-likeness (QED) is 0.774. The first kappa shape index (κ1) is 16.9. The van der Waals surface area contributed by atoms with Gasteiger partial charge >= 0.3 is 0 Å². The van der Waals surface area contributed by atoms with Gasteiger partial charge in [0.05, 0.1) is 6.20 Å². The lowest BCUT2D eigenvalue weighted by Crippen LogP contribution is -2.33. The Morgan fingerprint density at radius 2 is 2.17 bits per heavy atom. The molecule has 0 aliphatic heterocycles. The van der Waals surface area contributed by atoms with Gasteiger partial charge in [-0.15, -0.1) is 5.10 Å². The van der Waals surface area contributed by atoms with Crippen LogP contribution in [-0.2, 0) is 17.9 Å². The second kappa shape index (κ2) is 8.23. The van der Waals surface area contributed by atoms with Crippen LogP contribution in [0.4, 0.5) is 4.39 Å². The number of hydrogen-bond donors (Lipinski definition) is 1. The molecule has 1 amide bonds. The van der Waals surface area contributed by atoms with Gasteiger partial charge in [0.15, 0.2) is 11.6 Å². The van der Waals surface area contributed by atoms with Gasteiger partial charge in [0.1, 0.15) is 18.8 Å².